The number of carbonyl (C=O) groups is 3. The summed E-state index contributed by atoms with van der Waals surface area (Å²) in [6.45, 7) is 1.27. The first-order chi connectivity index (χ1) is 12.3. The highest BCUT2D eigenvalue weighted by molar-refractivity contribution is 6.08. The molecule has 8 heteroatoms. The quantitative estimate of drug-likeness (QED) is 0.826. The number of imide groups is 1. The standard InChI is InChI=1S/C18H18FN3O4/c1-18(14-7-4-8-26-14)16(24)22(17(25)20-18)11-15(23)21(2)10-12-5-3-6-13(19)9-12/h3-9H,10-11H2,1-2H3,(H,20,25)/t18-/m1/s1. The van der Waals surface area contributed by atoms with Crippen LogP contribution in [0.25, 0.3) is 0 Å². The summed E-state index contributed by atoms with van der Waals surface area (Å²) in [5.41, 5.74) is -0.736. The first kappa shape index (κ1) is 17.7. The van der Waals surface area contributed by atoms with Crippen LogP contribution in [0.3, 0.4) is 0 Å². The first-order valence-electron chi connectivity index (χ1n) is 7.98. The van der Waals surface area contributed by atoms with Crippen molar-refractivity contribution < 1.29 is 23.2 Å². The average Bonchev–Trinajstić information content (AvgIpc) is 3.19. The predicted octanol–water partition coefficient (Wildman–Crippen LogP) is 1.84. The molecule has 136 valence electrons. The van der Waals surface area contributed by atoms with Crippen molar-refractivity contribution in [1.29, 1.82) is 0 Å². The van der Waals surface area contributed by atoms with Gasteiger partial charge in [-0.2, -0.15) is 0 Å². The summed E-state index contributed by atoms with van der Waals surface area (Å²) in [5.74, 6) is -1.11. The largest absolute Gasteiger partial charge is 0.466 e. The number of halogens is 1. The molecule has 0 bridgehead atoms. The number of urea groups is 1. The molecule has 1 aromatic carbocycles. The second-order valence-electron chi connectivity index (χ2n) is 6.30. The molecule has 0 unspecified atom stereocenters. The predicted molar refractivity (Wildman–Crippen MR) is 89.2 cm³/mol. The molecule has 3 rings (SSSR count). The van der Waals surface area contributed by atoms with Crippen LogP contribution in [0.4, 0.5) is 9.18 Å². The molecule has 7 nitrogen and oxygen atoms in total. The van der Waals surface area contributed by atoms with E-state index in [0.29, 0.717) is 11.3 Å². The van der Waals surface area contributed by atoms with Gasteiger partial charge in [0.1, 0.15) is 18.1 Å². The zero-order valence-corrected chi connectivity index (χ0v) is 14.4. The van der Waals surface area contributed by atoms with Gasteiger partial charge in [0, 0.05) is 13.6 Å². The van der Waals surface area contributed by atoms with Gasteiger partial charge in [0.2, 0.25) is 5.91 Å². The van der Waals surface area contributed by atoms with E-state index >= 15 is 0 Å². The Kier molecular flexibility index (Phi) is 4.50. The van der Waals surface area contributed by atoms with Gasteiger partial charge < -0.3 is 14.6 Å². The molecular formula is C18H18FN3O4. The number of furan rings is 1. The summed E-state index contributed by atoms with van der Waals surface area (Å²) in [6, 6.07) is 8.41. The Morgan fingerprint density at radius 1 is 1.31 bits per heavy atom. The molecule has 0 aliphatic carbocycles. The Balaban J connectivity index is 1.69. The maximum atomic E-state index is 13.3. The molecule has 2 aromatic rings. The molecule has 0 radical (unpaired) electrons. The number of carbonyl (C=O) groups excluding carboxylic acids is 3. The molecule has 0 saturated carbocycles. The van der Waals surface area contributed by atoms with Gasteiger partial charge in [-0.1, -0.05) is 12.1 Å². The van der Waals surface area contributed by atoms with Crippen LogP contribution in [-0.2, 0) is 21.7 Å². The monoisotopic (exact) mass is 359 g/mol. The van der Waals surface area contributed by atoms with E-state index in [9.17, 15) is 18.8 Å². The highest BCUT2D eigenvalue weighted by Gasteiger charge is 2.51. The highest BCUT2D eigenvalue weighted by Crippen LogP contribution is 2.29. The lowest BCUT2D eigenvalue weighted by Crippen LogP contribution is -2.43. The van der Waals surface area contributed by atoms with Crippen LogP contribution in [0, 0.1) is 5.82 Å². The first-order valence-corrected chi connectivity index (χ1v) is 7.98. The highest BCUT2D eigenvalue weighted by atomic mass is 19.1. The molecule has 1 fully saturated rings. The van der Waals surface area contributed by atoms with Gasteiger partial charge in [-0.05, 0) is 36.8 Å². The Hall–Kier alpha value is -3.16. The smallest absolute Gasteiger partial charge is 0.325 e. The Morgan fingerprint density at radius 2 is 2.08 bits per heavy atom. The fraction of sp³-hybridized carbons (Fsp3) is 0.278. The molecule has 4 amide bonds. The molecule has 2 heterocycles. The van der Waals surface area contributed by atoms with E-state index in [2.05, 4.69) is 5.32 Å². The lowest BCUT2D eigenvalue weighted by atomic mass is 9.99. The number of nitrogens with one attached hydrogen (secondary N) is 1. The van der Waals surface area contributed by atoms with Crippen LogP contribution in [0.2, 0.25) is 0 Å². The van der Waals surface area contributed by atoms with Crippen molar-refractivity contribution in [3.8, 4) is 0 Å². The van der Waals surface area contributed by atoms with Crippen molar-refractivity contribution in [1.82, 2.24) is 15.1 Å². The van der Waals surface area contributed by atoms with E-state index in [4.69, 9.17) is 4.42 Å². The number of likely N-dealkylation sites (N-methyl/N-ethyl adjacent to an activating group) is 1. The minimum absolute atomic E-state index is 0.162. The SMILES string of the molecule is CN(Cc1cccc(F)c1)C(=O)CN1C(=O)N[C@](C)(c2ccco2)C1=O. The Labute approximate surface area is 149 Å². The maximum absolute atomic E-state index is 13.3. The van der Waals surface area contributed by atoms with E-state index < -0.39 is 35.7 Å². The summed E-state index contributed by atoms with van der Waals surface area (Å²) < 4.78 is 18.5. The molecule has 26 heavy (non-hydrogen) atoms. The van der Waals surface area contributed by atoms with Gasteiger partial charge in [0.15, 0.2) is 5.54 Å². The second kappa shape index (κ2) is 6.62. The van der Waals surface area contributed by atoms with Crippen molar-refractivity contribution in [2.24, 2.45) is 0 Å². The fourth-order valence-electron chi connectivity index (χ4n) is 2.82. The van der Waals surface area contributed by atoms with Gasteiger partial charge in [-0.15, -0.1) is 0 Å². The maximum Gasteiger partial charge on any atom is 0.325 e. The lowest BCUT2D eigenvalue weighted by Gasteiger charge is -2.21. The zero-order chi connectivity index (χ0) is 18.9. The van der Waals surface area contributed by atoms with Crippen molar-refractivity contribution in [2.45, 2.75) is 19.0 Å². The van der Waals surface area contributed by atoms with Crippen LogP contribution < -0.4 is 5.32 Å². The Bertz CT molecular complexity index is 852. The van der Waals surface area contributed by atoms with Crippen LogP contribution in [-0.4, -0.2) is 41.2 Å². The summed E-state index contributed by atoms with van der Waals surface area (Å²) in [4.78, 5) is 39.4. The summed E-state index contributed by atoms with van der Waals surface area (Å²) in [5, 5.41) is 2.56. The van der Waals surface area contributed by atoms with Gasteiger partial charge in [-0.25, -0.2) is 9.18 Å². The van der Waals surface area contributed by atoms with Crippen LogP contribution >= 0.6 is 0 Å². The summed E-state index contributed by atoms with van der Waals surface area (Å²) in [6.07, 6.45) is 1.40. The molecular weight excluding hydrogens is 341 g/mol. The van der Waals surface area contributed by atoms with Crippen LogP contribution in [0.1, 0.15) is 18.2 Å². The van der Waals surface area contributed by atoms with Crippen LogP contribution in [0.5, 0.6) is 0 Å². The van der Waals surface area contributed by atoms with Crippen LogP contribution in [0.15, 0.2) is 47.1 Å². The number of rotatable bonds is 5. The van der Waals surface area contributed by atoms with E-state index in [1.165, 1.54) is 37.3 Å². The third-order valence-electron chi connectivity index (χ3n) is 4.32. The summed E-state index contributed by atoms with van der Waals surface area (Å²) in [7, 11) is 1.53. The number of amides is 4. The zero-order valence-electron chi connectivity index (χ0n) is 14.4. The van der Waals surface area contributed by atoms with Gasteiger partial charge in [-0.3, -0.25) is 14.5 Å². The number of benzene rings is 1. The molecule has 1 aromatic heterocycles. The molecule has 1 N–H and O–H groups in total. The second-order valence-corrected chi connectivity index (χ2v) is 6.30. The summed E-state index contributed by atoms with van der Waals surface area (Å²) >= 11 is 0. The van der Waals surface area contributed by atoms with Crippen molar-refractivity contribution >= 4 is 17.8 Å². The molecule has 1 aliphatic rings. The van der Waals surface area contributed by atoms with E-state index in [1.54, 1.807) is 24.3 Å². The number of hydrogen-bond acceptors (Lipinski definition) is 4. The van der Waals surface area contributed by atoms with Gasteiger partial charge >= 0.3 is 6.03 Å². The number of nitrogens with zero attached hydrogens (tertiary/aromatic N) is 2. The molecule has 1 saturated heterocycles. The van der Waals surface area contributed by atoms with Crippen molar-refractivity contribution in [3.63, 3.8) is 0 Å². The van der Waals surface area contributed by atoms with Gasteiger partial charge in [0.05, 0.1) is 6.26 Å². The van der Waals surface area contributed by atoms with Crippen molar-refractivity contribution in [3.05, 3.63) is 59.8 Å². The van der Waals surface area contributed by atoms with Crippen molar-refractivity contribution in [2.75, 3.05) is 13.6 Å². The minimum atomic E-state index is -1.35. The fourth-order valence-corrected chi connectivity index (χ4v) is 2.82. The molecule has 0 spiro atoms. The Morgan fingerprint density at radius 3 is 2.73 bits per heavy atom. The molecule has 1 aliphatic heterocycles. The minimum Gasteiger partial charge on any atom is -0.466 e. The third kappa shape index (κ3) is 3.17. The number of hydrogen-bond donors (Lipinski definition) is 1. The average molecular weight is 359 g/mol. The normalized spacial score (nSPS) is 19.6. The molecule has 1 atom stereocenters. The van der Waals surface area contributed by atoms with E-state index in [0.717, 1.165) is 4.90 Å². The lowest BCUT2D eigenvalue weighted by molar-refractivity contribution is -0.138. The topological polar surface area (TPSA) is 82.9 Å². The van der Waals surface area contributed by atoms with Gasteiger partial charge in [0.25, 0.3) is 5.91 Å². The third-order valence-corrected chi connectivity index (χ3v) is 4.32. The van der Waals surface area contributed by atoms with E-state index in [-0.39, 0.29) is 6.54 Å². The van der Waals surface area contributed by atoms with E-state index in [1.807, 2.05) is 0 Å².